The molecule has 2 aliphatic carbocycles. The third-order valence-electron chi connectivity index (χ3n) is 8.89. The Morgan fingerprint density at radius 1 is 0.976 bits per heavy atom. The zero-order chi connectivity index (χ0) is 29.9. The largest absolute Gasteiger partial charge is 0.419 e. The molecule has 42 heavy (non-hydrogen) atoms. The molecular weight excluding hydrogens is 545 g/mol. The molecule has 11 heteroatoms. The molecule has 2 saturated carbocycles. The normalized spacial score (nSPS) is 22.1. The molecule has 228 valence electrons. The first-order valence-electron chi connectivity index (χ1n) is 15.2. The molecule has 2 heterocycles. The highest BCUT2D eigenvalue weighted by Gasteiger charge is 2.39. The van der Waals surface area contributed by atoms with Crippen LogP contribution in [0.3, 0.4) is 0 Å². The number of hydrogen-bond acceptors (Lipinski definition) is 6. The van der Waals surface area contributed by atoms with Crippen LogP contribution in [0.1, 0.15) is 80.4 Å². The maximum Gasteiger partial charge on any atom is 0.419 e. The lowest BCUT2D eigenvalue weighted by Crippen LogP contribution is -2.51. The van der Waals surface area contributed by atoms with E-state index < -0.39 is 11.7 Å². The number of carbonyl (C=O) groups excluding carboxylic acids is 2. The molecule has 0 unspecified atom stereocenters. The Labute approximate surface area is 245 Å². The molecule has 1 aromatic heterocycles. The summed E-state index contributed by atoms with van der Waals surface area (Å²) in [6.07, 6.45) is 3.46. The van der Waals surface area contributed by atoms with Crippen LogP contribution in [0.25, 0.3) is 0 Å². The zero-order valence-electron chi connectivity index (χ0n) is 24.4. The van der Waals surface area contributed by atoms with Crippen LogP contribution in [-0.4, -0.2) is 69.8 Å². The molecule has 0 radical (unpaired) electrons. The summed E-state index contributed by atoms with van der Waals surface area (Å²) in [5, 5.41) is 5.89. The molecule has 1 saturated heterocycles. The van der Waals surface area contributed by atoms with Crippen molar-refractivity contribution in [3.8, 4) is 0 Å². The number of halogens is 3. The molecule has 1 aromatic carbocycles. The average Bonchev–Trinajstić information content (AvgIpc) is 3.65. The van der Waals surface area contributed by atoms with Crippen molar-refractivity contribution in [3.05, 3.63) is 47.3 Å². The van der Waals surface area contributed by atoms with Gasteiger partial charge < -0.3 is 15.5 Å². The van der Waals surface area contributed by atoms with E-state index in [1.807, 2.05) is 18.7 Å². The highest BCUT2D eigenvalue weighted by atomic mass is 19.4. The second-order valence-corrected chi connectivity index (χ2v) is 12.2. The Morgan fingerprint density at radius 3 is 2.31 bits per heavy atom. The second-order valence-electron chi connectivity index (χ2n) is 12.2. The van der Waals surface area contributed by atoms with Gasteiger partial charge in [0, 0.05) is 61.6 Å². The molecule has 0 spiro atoms. The maximum atomic E-state index is 13.9. The Bertz CT molecular complexity index is 1240. The smallest absolute Gasteiger partial charge is 0.354 e. The standard InChI is InChI=1S/C31H41F3N6O2/c1-20(2)36-28(41)25-9-5-6-22(25)18-27-26(31(32,33)34)19-35-30(38-27)37-23-12-10-21(11-13-23)29(42)40-16-14-39(15-17-40)24-7-3-4-8-24/h10-13,19-20,22,24-25H,3-9,14-18H2,1-2H3,(H,36,41)(H,35,37,38)/t22-,25-/m0/s1. The Morgan fingerprint density at radius 2 is 1.67 bits per heavy atom. The number of nitrogens with zero attached hydrogens (tertiary/aromatic N) is 4. The molecule has 8 nitrogen and oxygen atoms in total. The zero-order valence-corrected chi connectivity index (χ0v) is 24.4. The fourth-order valence-corrected chi connectivity index (χ4v) is 6.70. The van der Waals surface area contributed by atoms with E-state index in [9.17, 15) is 22.8 Å². The number of aromatic nitrogens is 2. The summed E-state index contributed by atoms with van der Waals surface area (Å²) in [6, 6.07) is 7.49. The van der Waals surface area contributed by atoms with Crippen molar-refractivity contribution in [2.24, 2.45) is 11.8 Å². The van der Waals surface area contributed by atoms with Gasteiger partial charge in [-0.15, -0.1) is 0 Å². The monoisotopic (exact) mass is 586 g/mol. The van der Waals surface area contributed by atoms with Crippen molar-refractivity contribution < 1.29 is 22.8 Å². The summed E-state index contributed by atoms with van der Waals surface area (Å²) < 4.78 is 41.6. The molecule has 2 atom stereocenters. The number of rotatable bonds is 8. The van der Waals surface area contributed by atoms with Gasteiger partial charge in [-0.2, -0.15) is 13.2 Å². The van der Waals surface area contributed by atoms with Crippen LogP contribution in [-0.2, 0) is 17.4 Å². The molecule has 0 bridgehead atoms. The molecular formula is C31H41F3N6O2. The van der Waals surface area contributed by atoms with Gasteiger partial charge in [0.2, 0.25) is 11.9 Å². The van der Waals surface area contributed by atoms with Crippen molar-refractivity contribution in [3.63, 3.8) is 0 Å². The molecule has 1 aliphatic heterocycles. The fourth-order valence-electron chi connectivity index (χ4n) is 6.70. The first-order valence-corrected chi connectivity index (χ1v) is 15.2. The van der Waals surface area contributed by atoms with Crippen molar-refractivity contribution >= 4 is 23.5 Å². The Balaban J connectivity index is 1.24. The number of nitrogens with one attached hydrogen (secondary N) is 2. The lowest BCUT2D eigenvalue weighted by Gasteiger charge is -2.38. The van der Waals surface area contributed by atoms with Gasteiger partial charge >= 0.3 is 6.18 Å². The van der Waals surface area contributed by atoms with Crippen LogP contribution in [0.5, 0.6) is 0 Å². The number of anilines is 2. The van der Waals surface area contributed by atoms with Gasteiger partial charge in [-0.25, -0.2) is 9.97 Å². The number of benzene rings is 1. The number of hydrogen-bond donors (Lipinski definition) is 2. The maximum absolute atomic E-state index is 13.9. The lowest BCUT2D eigenvalue weighted by atomic mass is 9.89. The molecule has 2 aromatic rings. The van der Waals surface area contributed by atoms with Crippen molar-refractivity contribution in [2.45, 2.75) is 83.5 Å². The Kier molecular flexibility index (Phi) is 9.35. The van der Waals surface area contributed by atoms with Gasteiger partial charge in [-0.1, -0.05) is 19.3 Å². The molecule has 3 fully saturated rings. The van der Waals surface area contributed by atoms with Crippen LogP contribution in [0.4, 0.5) is 24.8 Å². The minimum absolute atomic E-state index is 0.0201. The highest BCUT2D eigenvalue weighted by molar-refractivity contribution is 5.94. The summed E-state index contributed by atoms with van der Waals surface area (Å²) in [5.41, 5.74) is 0.143. The summed E-state index contributed by atoms with van der Waals surface area (Å²) in [7, 11) is 0. The van der Waals surface area contributed by atoms with Crippen molar-refractivity contribution in [2.75, 3.05) is 31.5 Å². The SMILES string of the molecule is CC(C)NC(=O)[C@H]1CCC[C@H]1Cc1nc(Nc2ccc(C(=O)N3CCN(C4CCCC4)CC3)cc2)ncc1C(F)(F)F. The van der Waals surface area contributed by atoms with E-state index >= 15 is 0 Å². The van der Waals surface area contributed by atoms with Crippen LogP contribution in [0.15, 0.2) is 30.5 Å². The van der Waals surface area contributed by atoms with E-state index in [0.29, 0.717) is 43.2 Å². The van der Waals surface area contributed by atoms with Crippen LogP contribution < -0.4 is 10.6 Å². The average molecular weight is 587 g/mol. The van der Waals surface area contributed by atoms with Gasteiger partial charge in [0.25, 0.3) is 5.91 Å². The van der Waals surface area contributed by atoms with Crippen LogP contribution >= 0.6 is 0 Å². The van der Waals surface area contributed by atoms with Crippen LogP contribution in [0.2, 0.25) is 0 Å². The summed E-state index contributed by atoms with van der Waals surface area (Å²) in [5.74, 6) is -0.651. The van der Waals surface area contributed by atoms with E-state index in [0.717, 1.165) is 25.7 Å². The predicted molar refractivity (Wildman–Crippen MR) is 154 cm³/mol. The topological polar surface area (TPSA) is 90.5 Å². The van der Waals surface area contributed by atoms with E-state index in [1.54, 1.807) is 24.3 Å². The number of amides is 2. The number of alkyl halides is 3. The third-order valence-corrected chi connectivity index (χ3v) is 8.89. The minimum atomic E-state index is -4.60. The van der Waals surface area contributed by atoms with Crippen LogP contribution in [0, 0.1) is 11.8 Å². The van der Waals surface area contributed by atoms with Gasteiger partial charge in [0.15, 0.2) is 0 Å². The van der Waals surface area contributed by atoms with Crippen molar-refractivity contribution in [1.82, 2.24) is 25.1 Å². The minimum Gasteiger partial charge on any atom is -0.354 e. The summed E-state index contributed by atoms with van der Waals surface area (Å²) in [6.45, 7) is 6.94. The first kappa shape index (κ1) is 30.3. The van der Waals surface area contributed by atoms with E-state index in [2.05, 4.69) is 25.5 Å². The third kappa shape index (κ3) is 7.22. The molecule has 5 rings (SSSR count). The Hall–Kier alpha value is -3.21. The summed E-state index contributed by atoms with van der Waals surface area (Å²) in [4.78, 5) is 38.4. The van der Waals surface area contributed by atoms with Crippen molar-refractivity contribution in [1.29, 1.82) is 0 Å². The first-order chi connectivity index (χ1) is 20.1. The summed E-state index contributed by atoms with van der Waals surface area (Å²) >= 11 is 0. The number of piperazine rings is 1. The van der Waals surface area contributed by atoms with Gasteiger partial charge in [0.1, 0.15) is 0 Å². The van der Waals surface area contributed by atoms with Gasteiger partial charge in [0.05, 0.1) is 11.3 Å². The molecule has 2 N–H and O–H groups in total. The van der Waals surface area contributed by atoms with Gasteiger partial charge in [-0.05, 0) is 76.1 Å². The number of carbonyl (C=O) groups is 2. The molecule has 3 aliphatic rings. The predicted octanol–water partition coefficient (Wildman–Crippen LogP) is 5.42. The fraction of sp³-hybridized carbons (Fsp3) is 0.613. The molecule has 2 amide bonds. The van der Waals surface area contributed by atoms with E-state index in [4.69, 9.17) is 0 Å². The second kappa shape index (κ2) is 13.0. The van der Waals surface area contributed by atoms with Gasteiger partial charge in [-0.3, -0.25) is 14.5 Å². The lowest BCUT2D eigenvalue weighted by molar-refractivity contribution is -0.138. The van der Waals surface area contributed by atoms with E-state index in [-0.39, 0.29) is 47.8 Å². The van der Waals surface area contributed by atoms with E-state index in [1.165, 1.54) is 25.7 Å². The quantitative estimate of drug-likeness (QED) is 0.429. The highest BCUT2D eigenvalue weighted by Crippen LogP contribution is 2.38.